The lowest BCUT2D eigenvalue weighted by atomic mass is 9.80. The highest BCUT2D eigenvalue weighted by molar-refractivity contribution is 6.33. The number of rotatable bonds is 3. The second-order valence-electron chi connectivity index (χ2n) is 7.02. The Balaban J connectivity index is 2.15. The van der Waals surface area contributed by atoms with Gasteiger partial charge in [0, 0.05) is 19.1 Å². The lowest BCUT2D eigenvalue weighted by Gasteiger charge is -2.28. The summed E-state index contributed by atoms with van der Waals surface area (Å²) >= 11 is 6.50. The molecule has 2 atom stereocenters. The smallest absolute Gasteiger partial charge is 0.0642 e. The van der Waals surface area contributed by atoms with Gasteiger partial charge in [0.25, 0.3) is 0 Å². The van der Waals surface area contributed by atoms with E-state index >= 15 is 0 Å². The minimum absolute atomic E-state index is 0.336. The molecule has 2 nitrogen and oxygen atoms in total. The minimum atomic E-state index is 0.336. The summed E-state index contributed by atoms with van der Waals surface area (Å²) in [7, 11) is 1.97. The van der Waals surface area contributed by atoms with Crippen molar-refractivity contribution in [2.24, 2.45) is 11.3 Å². The average molecular weight is 295 g/mol. The first-order valence-corrected chi connectivity index (χ1v) is 7.92. The van der Waals surface area contributed by atoms with Crippen molar-refractivity contribution in [3.63, 3.8) is 0 Å². The Hall–Kier alpha value is -0.730. The molecule has 3 heteroatoms. The summed E-state index contributed by atoms with van der Waals surface area (Å²) in [6.07, 6.45) is 1.26. The van der Waals surface area contributed by atoms with Gasteiger partial charge in [-0.05, 0) is 49.4 Å². The first-order chi connectivity index (χ1) is 9.32. The van der Waals surface area contributed by atoms with Crippen molar-refractivity contribution in [2.45, 2.75) is 40.2 Å². The first kappa shape index (κ1) is 15.7. The lowest BCUT2D eigenvalue weighted by Crippen LogP contribution is -2.26. The Bertz CT molecular complexity index is 465. The summed E-state index contributed by atoms with van der Waals surface area (Å²) in [6, 6.07) is 6.80. The quantitative estimate of drug-likeness (QED) is 0.883. The fraction of sp³-hybridized carbons (Fsp3) is 0.647. The van der Waals surface area contributed by atoms with E-state index in [4.69, 9.17) is 11.6 Å². The van der Waals surface area contributed by atoms with Crippen LogP contribution in [0.25, 0.3) is 0 Å². The normalized spacial score (nSPS) is 21.3. The highest BCUT2D eigenvalue weighted by Crippen LogP contribution is 2.38. The van der Waals surface area contributed by atoms with Gasteiger partial charge >= 0.3 is 0 Å². The third-order valence-corrected chi connectivity index (χ3v) is 4.96. The van der Waals surface area contributed by atoms with Gasteiger partial charge in [-0.25, -0.2) is 0 Å². The van der Waals surface area contributed by atoms with Crippen molar-refractivity contribution in [1.29, 1.82) is 0 Å². The number of anilines is 1. The van der Waals surface area contributed by atoms with E-state index in [1.54, 1.807) is 0 Å². The van der Waals surface area contributed by atoms with Gasteiger partial charge in [-0.3, -0.25) is 0 Å². The number of halogens is 1. The number of nitrogens with one attached hydrogen (secondary N) is 1. The van der Waals surface area contributed by atoms with E-state index in [-0.39, 0.29) is 0 Å². The molecular formula is C17H27ClN2. The van der Waals surface area contributed by atoms with E-state index in [1.165, 1.54) is 17.7 Å². The van der Waals surface area contributed by atoms with Crippen molar-refractivity contribution in [1.82, 2.24) is 5.32 Å². The summed E-state index contributed by atoms with van der Waals surface area (Å²) in [6.45, 7) is 11.4. The number of hydrogen-bond acceptors (Lipinski definition) is 2. The summed E-state index contributed by atoms with van der Waals surface area (Å²) in [4.78, 5) is 2.44. The molecule has 20 heavy (non-hydrogen) atoms. The molecule has 1 aliphatic rings. The number of nitrogens with zero attached hydrogens (tertiary/aromatic N) is 1. The minimum Gasteiger partial charge on any atom is -0.370 e. The molecule has 1 aromatic carbocycles. The topological polar surface area (TPSA) is 15.3 Å². The molecule has 0 bridgehead atoms. The maximum atomic E-state index is 6.50. The maximum absolute atomic E-state index is 6.50. The van der Waals surface area contributed by atoms with Crippen LogP contribution in [0.3, 0.4) is 0 Å². The molecule has 1 saturated heterocycles. The van der Waals surface area contributed by atoms with E-state index in [1.807, 2.05) is 7.05 Å². The van der Waals surface area contributed by atoms with Crippen molar-refractivity contribution >= 4 is 17.3 Å². The zero-order valence-electron chi connectivity index (χ0n) is 13.3. The molecule has 1 aromatic rings. The Morgan fingerprint density at radius 2 is 2.05 bits per heavy atom. The van der Waals surface area contributed by atoms with Crippen LogP contribution in [0, 0.1) is 11.3 Å². The van der Waals surface area contributed by atoms with Gasteiger partial charge < -0.3 is 10.2 Å². The Morgan fingerprint density at radius 3 is 2.55 bits per heavy atom. The van der Waals surface area contributed by atoms with Crippen molar-refractivity contribution in [3.8, 4) is 0 Å². The van der Waals surface area contributed by atoms with E-state index in [0.717, 1.165) is 24.0 Å². The fourth-order valence-corrected chi connectivity index (χ4v) is 3.21. The SMILES string of the molecule is CNC(C)c1ccc(N2CCC(C(C)(C)C)C2)c(Cl)c1. The molecular weight excluding hydrogens is 268 g/mol. The fourth-order valence-electron chi connectivity index (χ4n) is 2.90. The van der Waals surface area contributed by atoms with Crippen LogP contribution >= 0.6 is 11.6 Å². The molecule has 0 saturated carbocycles. The molecule has 0 amide bonds. The van der Waals surface area contributed by atoms with Gasteiger partial charge in [0.2, 0.25) is 0 Å². The van der Waals surface area contributed by atoms with Gasteiger partial charge in [-0.1, -0.05) is 38.4 Å². The molecule has 1 aliphatic heterocycles. The summed E-state index contributed by atoms with van der Waals surface area (Å²) in [5.74, 6) is 0.745. The van der Waals surface area contributed by atoms with Gasteiger partial charge in [0.05, 0.1) is 10.7 Å². The lowest BCUT2D eigenvalue weighted by molar-refractivity contribution is 0.263. The van der Waals surface area contributed by atoms with Crippen molar-refractivity contribution in [2.75, 3.05) is 25.0 Å². The second-order valence-corrected chi connectivity index (χ2v) is 7.43. The van der Waals surface area contributed by atoms with E-state index in [2.05, 4.69) is 56.1 Å². The third-order valence-electron chi connectivity index (χ3n) is 4.66. The summed E-state index contributed by atoms with van der Waals surface area (Å²) in [5, 5.41) is 4.13. The van der Waals surface area contributed by atoms with Gasteiger partial charge in [-0.2, -0.15) is 0 Å². The Kier molecular flexibility index (Phi) is 4.66. The number of hydrogen-bond donors (Lipinski definition) is 1. The van der Waals surface area contributed by atoms with E-state index in [9.17, 15) is 0 Å². The van der Waals surface area contributed by atoms with Gasteiger partial charge in [-0.15, -0.1) is 0 Å². The molecule has 2 unspecified atom stereocenters. The average Bonchev–Trinajstić information content (AvgIpc) is 2.87. The molecule has 0 aromatic heterocycles. The molecule has 1 heterocycles. The summed E-state index contributed by atoms with van der Waals surface area (Å²) < 4.78 is 0. The van der Waals surface area contributed by atoms with Crippen LogP contribution in [0.5, 0.6) is 0 Å². The zero-order chi connectivity index (χ0) is 14.9. The maximum Gasteiger partial charge on any atom is 0.0642 e. The van der Waals surface area contributed by atoms with Crippen LogP contribution in [0.4, 0.5) is 5.69 Å². The largest absolute Gasteiger partial charge is 0.370 e. The van der Waals surface area contributed by atoms with E-state index in [0.29, 0.717) is 11.5 Å². The molecule has 0 radical (unpaired) electrons. The standard InChI is InChI=1S/C17H27ClN2/c1-12(19-5)13-6-7-16(15(18)10-13)20-9-8-14(11-20)17(2,3)4/h6-7,10,12,14,19H,8-9,11H2,1-5H3. The van der Waals surface area contributed by atoms with Crippen molar-refractivity contribution < 1.29 is 0 Å². The predicted octanol–water partition coefficient (Wildman–Crippen LogP) is 4.49. The van der Waals surface area contributed by atoms with Crippen LogP contribution in [-0.2, 0) is 0 Å². The van der Waals surface area contributed by atoms with Crippen molar-refractivity contribution in [3.05, 3.63) is 28.8 Å². The molecule has 2 rings (SSSR count). The molecule has 0 aliphatic carbocycles. The molecule has 0 spiro atoms. The van der Waals surface area contributed by atoms with Crippen LogP contribution in [0.2, 0.25) is 5.02 Å². The van der Waals surface area contributed by atoms with Gasteiger partial charge in [0.15, 0.2) is 0 Å². The van der Waals surface area contributed by atoms with E-state index < -0.39 is 0 Å². The predicted molar refractivity (Wildman–Crippen MR) is 88.7 cm³/mol. The summed E-state index contributed by atoms with van der Waals surface area (Å²) in [5.41, 5.74) is 2.81. The monoisotopic (exact) mass is 294 g/mol. The van der Waals surface area contributed by atoms with Gasteiger partial charge in [0.1, 0.15) is 0 Å². The van der Waals surface area contributed by atoms with Crippen LogP contribution in [-0.4, -0.2) is 20.1 Å². The van der Waals surface area contributed by atoms with Crippen LogP contribution in [0.15, 0.2) is 18.2 Å². The third kappa shape index (κ3) is 3.29. The van der Waals surface area contributed by atoms with Crippen LogP contribution < -0.4 is 10.2 Å². The second kappa shape index (κ2) is 5.95. The highest BCUT2D eigenvalue weighted by Gasteiger charge is 2.32. The molecule has 1 fully saturated rings. The molecule has 1 N–H and O–H groups in total. The zero-order valence-corrected chi connectivity index (χ0v) is 14.1. The highest BCUT2D eigenvalue weighted by atomic mass is 35.5. The Labute approximate surface area is 128 Å². The number of benzene rings is 1. The molecule has 112 valence electrons. The Morgan fingerprint density at radius 1 is 1.35 bits per heavy atom. The first-order valence-electron chi connectivity index (χ1n) is 7.54. The van der Waals surface area contributed by atoms with Crippen LogP contribution in [0.1, 0.15) is 45.7 Å².